The first kappa shape index (κ1) is 15.3. The summed E-state index contributed by atoms with van der Waals surface area (Å²) in [5, 5.41) is 0.547. The minimum atomic E-state index is -0.635. The molecule has 0 atom stereocenters. The number of fused-ring (bicyclic) bond motifs is 1. The number of rotatable bonds is 6. The van der Waals surface area contributed by atoms with Gasteiger partial charge in [-0.05, 0) is 12.1 Å². The van der Waals surface area contributed by atoms with Crippen LogP contribution in [0.4, 0.5) is 5.69 Å². The normalized spacial score (nSPS) is 14.1. The molecule has 1 aliphatic heterocycles. The largest absolute Gasteiger partial charge is 0.382 e. The van der Waals surface area contributed by atoms with E-state index in [1.54, 1.807) is 13.2 Å². The molecular formula is C13H13Cl2NO4. The molecule has 7 heteroatoms. The Hall–Kier alpha value is -1.14. The van der Waals surface area contributed by atoms with Crippen molar-refractivity contribution < 1.29 is 19.1 Å². The van der Waals surface area contributed by atoms with Crippen molar-refractivity contribution >= 4 is 40.6 Å². The molecule has 0 radical (unpaired) electrons. The fourth-order valence-corrected chi connectivity index (χ4v) is 2.46. The fraction of sp³-hybridized carbons (Fsp3) is 0.385. The predicted octanol–water partition coefficient (Wildman–Crippen LogP) is 2.19. The summed E-state index contributed by atoms with van der Waals surface area (Å²) in [6.07, 6.45) is 0. The highest BCUT2D eigenvalue weighted by molar-refractivity contribution is 6.56. The number of carbonyl (C=O) groups excluding carboxylic acids is 2. The maximum Gasteiger partial charge on any atom is 0.299 e. The van der Waals surface area contributed by atoms with Crippen LogP contribution in [-0.4, -0.2) is 45.2 Å². The molecule has 0 saturated heterocycles. The summed E-state index contributed by atoms with van der Waals surface area (Å²) in [4.78, 5) is 25.2. The van der Waals surface area contributed by atoms with Gasteiger partial charge in [0.05, 0.1) is 41.1 Å². The van der Waals surface area contributed by atoms with Crippen LogP contribution >= 0.6 is 23.2 Å². The predicted molar refractivity (Wildman–Crippen MR) is 75.8 cm³/mol. The van der Waals surface area contributed by atoms with Crippen LogP contribution in [0.25, 0.3) is 0 Å². The molecular weight excluding hydrogens is 305 g/mol. The van der Waals surface area contributed by atoms with Crippen molar-refractivity contribution in [2.45, 2.75) is 0 Å². The van der Waals surface area contributed by atoms with E-state index >= 15 is 0 Å². The van der Waals surface area contributed by atoms with Crippen LogP contribution in [0, 0.1) is 0 Å². The lowest BCUT2D eigenvalue weighted by atomic mass is 10.1. The average molecular weight is 318 g/mol. The van der Waals surface area contributed by atoms with E-state index in [9.17, 15) is 9.59 Å². The zero-order chi connectivity index (χ0) is 14.7. The molecule has 0 N–H and O–H groups in total. The standard InChI is InChI=1S/C13H13Cl2NO4/c1-19-6-7-20-5-4-16-11-9(15)3-2-8(14)10(11)12(17)13(16)18/h2-3H,4-7H2,1H3. The van der Waals surface area contributed by atoms with Gasteiger partial charge in [-0.1, -0.05) is 23.2 Å². The Morgan fingerprint density at radius 3 is 2.50 bits per heavy atom. The Morgan fingerprint density at radius 1 is 1.10 bits per heavy atom. The van der Waals surface area contributed by atoms with Gasteiger partial charge in [-0.25, -0.2) is 0 Å². The number of Topliss-reactive ketones (excluding diaryl/α,β-unsaturated/α-hetero) is 1. The molecule has 0 bridgehead atoms. The molecule has 0 aromatic heterocycles. The van der Waals surface area contributed by atoms with E-state index in [1.807, 2.05) is 0 Å². The fourth-order valence-electron chi connectivity index (χ4n) is 1.97. The van der Waals surface area contributed by atoms with Crippen LogP contribution in [0.1, 0.15) is 10.4 Å². The van der Waals surface area contributed by atoms with Gasteiger partial charge in [-0.2, -0.15) is 0 Å². The van der Waals surface area contributed by atoms with Gasteiger partial charge in [0.2, 0.25) is 0 Å². The molecule has 1 aromatic carbocycles. The molecule has 1 aromatic rings. The number of nitrogens with zero attached hydrogens (tertiary/aromatic N) is 1. The highest BCUT2D eigenvalue weighted by atomic mass is 35.5. The third kappa shape index (κ3) is 2.81. The second kappa shape index (κ2) is 6.54. The molecule has 20 heavy (non-hydrogen) atoms. The van der Waals surface area contributed by atoms with Gasteiger partial charge in [-0.15, -0.1) is 0 Å². The molecule has 1 aliphatic rings. The van der Waals surface area contributed by atoms with Gasteiger partial charge >= 0.3 is 0 Å². The van der Waals surface area contributed by atoms with Crippen LogP contribution in [-0.2, 0) is 14.3 Å². The van der Waals surface area contributed by atoms with E-state index in [0.717, 1.165) is 0 Å². The number of hydrogen-bond donors (Lipinski definition) is 0. The summed E-state index contributed by atoms with van der Waals surface area (Å²) >= 11 is 12.0. The van der Waals surface area contributed by atoms with Gasteiger partial charge in [0.25, 0.3) is 11.7 Å². The topological polar surface area (TPSA) is 55.8 Å². The van der Waals surface area contributed by atoms with E-state index in [1.165, 1.54) is 11.0 Å². The highest BCUT2D eigenvalue weighted by Gasteiger charge is 2.38. The summed E-state index contributed by atoms with van der Waals surface area (Å²) in [7, 11) is 1.57. The van der Waals surface area contributed by atoms with Crippen molar-refractivity contribution in [1.82, 2.24) is 0 Å². The van der Waals surface area contributed by atoms with Crippen molar-refractivity contribution in [2.24, 2.45) is 0 Å². The Labute approximate surface area is 126 Å². The second-order valence-electron chi connectivity index (χ2n) is 4.14. The first-order chi connectivity index (χ1) is 9.57. The van der Waals surface area contributed by atoms with Crippen LogP contribution in [0.5, 0.6) is 0 Å². The summed E-state index contributed by atoms with van der Waals surface area (Å²) in [5.74, 6) is -1.27. The van der Waals surface area contributed by atoms with Gasteiger partial charge in [0, 0.05) is 13.7 Å². The van der Waals surface area contributed by atoms with Crippen LogP contribution < -0.4 is 4.90 Å². The van der Waals surface area contributed by atoms with E-state index in [0.29, 0.717) is 23.9 Å². The number of hydrogen-bond acceptors (Lipinski definition) is 4. The lowest BCUT2D eigenvalue weighted by Gasteiger charge is -2.17. The monoisotopic (exact) mass is 317 g/mol. The minimum absolute atomic E-state index is 0.168. The van der Waals surface area contributed by atoms with Crippen LogP contribution in [0.3, 0.4) is 0 Å². The lowest BCUT2D eigenvalue weighted by molar-refractivity contribution is -0.114. The Morgan fingerprint density at radius 2 is 1.80 bits per heavy atom. The first-order valence-electron chi connectivity index (χ1n) is 5.98. The van der Waals surface area contributed by atoms with Crippen LogP contribution in [0.15, 0.2) is 12.1 Å². The number of ketones is 1. The lowest BCUT2D eigenvalue weighted by Crippen LogP contribution is -2.33. The Kier molecular flexibility index (Phi) is 4.99. The molecule has 0 fully saturated rings. The summed E-state index contributed by atoms with van der Waals surface area (Å²) in [6, 6.07) is 3.07. The number of methoxy groups -OCH3 is 1. The summed E-state index contributed by atoms with van der Waals surface area (Å²) < 4.78 is 10.1. The second-order valence-corrected chi connectivity index (χ2v) is 4.96. The van der Waals surface area contributed by atoms with Gasteiger partial charge in [0.1, 0.15) is 0 Å². The molecule has 1 heterocycles. The van der Waals surface area contributed by atoms with Crippen molar-refractivity contribution in [2.75, 3.05) is 38.4 Å². The highest BCUT2D eigenvalue weighted by Crippen LogP contribution is 2.39. The van der Waals surface area contributed by atoms with E-state index in [4.69, 9.17) is 32.7 Å². The molecule has 1 amide bonds. The maximum absolute atomic E-state index is 12.0. The third-order valence-corrected chi connectivity index (χ3v) is 3.53. The smallest absolute Gasteiger partial charge is 0.299 e. The number of halogens is 2. The number of ether oxygens (including phenoxy) is 2. The number of amides is 1. The van der Waals surface area contributed by atoms with Crippen LogP contribution in [0.2, 0.25) is 10.0 Å². The zero-order valence-electron chi connectivity index (χ0n) is 10.8. The quantitative estimate of drug-likeness (QED) is 0.596. The molecule has 108 valence electrons. The Balaban J connectivity index is 2.14. The van der Waals surface area contributed by atoms with Gasteiger partial charge < -0.3 is 14.4 Å². The summed E-state index contributed by atoms with van der Waals surface area (Å²) in [5.41, 5.74) is 0.533. The van der Waals surface area contributed by atoms with E-state index in [2.05, 4.69) is 0 Å². The van der Waals surface area contributed by atoms with Crippen molar-refractivity contribution in [3.8, 4) is 0 Å². The van der Waals surface area contributed by atoms with Crippen molar-refractivity contribution in [1.29, 1.82) is 0 Å². The van der Waals surface area contributed by atoms with Gasteiger partial charge in [-0.3, -0.25) is 9.59 Å². The average Bonchev–Trinajstić information content (AvgIpc) is 2.68. The number of carbonyl (C=O) groups is 2. The summed E-state index contributed by atoms with van der Waals surface area (Å²) in [6.45, 7) is 1.41. The molecule has 2 rings (SSSR count). The molecule has 0 spiro atoms. The minimum Gasteiger partial charge on any atom is -0.382 e. The molecule has 0 aliphatic carbocycles. The molecule has 0 saturated carbocycles. The van der Waals surface area contributed by atoms with Crippen molar-refractivity contribution in [3.05, 3.63) is 27.7 Å². The SMILES string of the molecule is COCCOCCN1C(=O)C(=O)c2c(Cl)ccc(Cl)c21. The molecule has 5 nitrogen and oxygen atoms in total. The molecule has 0 unspecified atom stereocenters. The van der Waals surface area contributed by atoms with E-state index in [-0.39, 0.29) is 23.7 Å². The van der Waals surface area contributed by atoms with Gasteiger partial charge in [0.15, 0.2) is 0 Å². The first-order valence-corrected chi connectivity index (χ1v) is 6.74. The maximum atomic E-state index is 12.0. The van der Waals surface area contributed by atoms with Crippen molar-refractivity contribution in [3.63, 3.8) is 0 Å². The number of anilines is 1. The zero-order valence-corrected chi connectivity index (χ0v) is 12.3. The number of benzene rings is 1. The Bertz CT molecular complexity index is 547. The third-order valence-electron chi connectivity index (χ3n) is 2.91. The van der Waals surface area contributed by atoms with E-state index < -0.39 is 11.7 Å².